The smallest absolute Gasteiger partial charge is 0.276 e. The van der Waals surface area contributed by atoms with Gasteiger partial charge >= 0.3 is 0 Å². The Morgan fingerprint density at radius 2 is 1.96 bits per heavy atom. The first-order valence-electron chi connectivity index (χ1n) is 8.08. The summed E-state index contributed by atoms with van der Waals surface area (Å²) in [5.41, 5.74) is 4.68. The van der Waals surface area contributed by atoms with E-state index in [4.69, 9.17) is 0 Å². The van der Waals surface area contributed by atoms with Gasteiger partial charge in [0.25, 0.3) is 5.91 Å². The third-order valence-corrected chi connectivity index (χ3v) is 5.12. The molecule has 0 saturated carbocycles. The lowest BCUT2D eigenvalue weighted by Gasteiger charge is -2.05. The molecule has 0 aliphatic heterocycles. The van der Waals surface area contributed by atoms with E-state index in [0.717, 1.165) is 27.9 Å². The monoisotopic (exact) mass is 409 g/mol. The van der Waals surface area contributed by atoms with Crippen LogP contribution in [0.4, 0.5) is 5.69 Å². The van der Waals surface area contributed by atoms with E-state index in [2.05, 4.69) is 36.4 Å². The molecule has 0 aliphatic carbocycles. The number of halogens is 1. The molecule has 2 heterocycles. The zero-order valence-corrected chi connectivity index (χ0v) is 15.8. The number of fused-ring (bicyclic) bond motifs is 1. The fraction of sp³-hybridized carbons (Fsp3) is 0.105. The molecule has 4 rings (SSSR count). The van der Waals surface area contributed by atoms with Crippen molar-refractivity contribution < 1.29 is 4.79 Å². The summed E-state index contributed by atoms with van der Waals surface area (Å²) in [6, 6.07) is 15.6. The average molecular weight is 410 g/mol. The highest BCUT2D eigenvalue weighted by atomic mass is 79.9. The van der Waals surface area contributed by atoms with E-state index in [0.29, 0.717) is 16.1 Å². The highest BCUT2D eigenvalue weighted by Crippen LogP contribution is 2.28. The Morgan fingerprint density at radius 3 is 2.65 bits per heavy atom. The highest BCUT2D eigenvalue weighted by molar-refractivity contribution is 9.10. The summed E-state index contributed by atoms with van der Waals surface area (Å²) in [7, 11) is 1.85. The highest BCUT2D eigenvalue weighted by Gasteiger charge is 2.17. The van der Waals surface area contributed by atoms with E-state index >= 15 is 0 Å². The average Bonchev–Trinajstić information content (AvgIpc) is 3.18. The van der Waals surface area contributed by atoms with Gasteiger partial charge in [0.15, 0.2) is 10.4 Å². The Hall–Kier alpha value is -2.93. The van der Waals surface area contributed by atoms with E-state index in [1.54, 1.807) is 0 Å². The number of rotatable bonds is 3. The summed E-state index contributed by atoms with van der Waals surface area (Å²) in [4.78, 5) is 16.9. The fourth-order valence-corrected chi connectivity index (χ4v) is 3.30. The molecule has 7 heteroatoms. The maximum Gasteiger partial charge on any atom is 0.276 e. The number of benzene rings is 2. The zero-order chi connectivity index (χ0) is 18.3. The molecule has 6 nitrogen and oxygen atoms in total. The van der Waals surface area contributed by atoms with E-state index in [1.807, 2.05) is 67.1 Å². The molecule has 0 radical (unpaired) electrons. The number of nitrogens with one attached hydrogen (secondary N) is 2. The SMILES string of the molecule is Cc1c(C(=O)Nc2ccc3[nH]nc(-c4ccccc4)c3c2)nc(Br)n1C. The topological polar surface area (TPSA) is 75.6 Å². The molecule has 2 N–H and O–H groups in total. The predicted octanol–water partition coefficient (Wildman–Crippen LogP) is 4.29. The number of aromatic nitrogens is 4. The van der Waals surface area contributed by atoms with Crippen LogP contribution in [0.3, 0.4) is 0 Å². The lowest BCUT2D eigenvalue weighted by molar-refractivity contribution is 0.102. The molecule has 130 valence electrons. The molecule has 2 aromatic carbocycles. The molecule has 0 unspecified atom stereocenters. The molecule has 0 fully saturated rings. The van der Waals surface area contributed by atoms with Crippen LogP contribution in [0.25, 0.3) is 22.2 Å². The molecule has 0 spiro atoms. The van der Waals surface area contributed by atoms with E-state index in [1.165, 1.54) is 0 Å². The van der Waals surface area contributed by atoms with Gasteiger partial charge in [-0.2, -0.15) is 5.10 Å². The van der Waals surface area contributed by atoms with Crippen LogP contribution in [0.5, 0.6) is 0 Å². The number of hydrogen-bond acceptors (Lipinski definition) is 3. The minimum Gasteiger partial charge on any atom is -0.325 e. The lowest BCUT2D eigenvalue weighted by Crippen LogP contribution is -2.14. The van der Waals surface area contributed by atoms with Crippen molar-refractivity contribution in [2.45, 2.75) is 6.92 Å². The number of H-pyrrole nitrogens is 1. The summed E-state index contributed by atoms with van der Waals surface area (Å²) in [6.07, 6.45) is 0. The van der Waals surface area contributed by atoms with Crippen LogP contribution in [0.2, 0.25) is 0 Å². The van der Waals surface area contributed by atoms with Crippen molar-refractivity contribution in [3.63, 3.8) is 0 Å². The van der Waals surface area contributed by atoms with Gasteiger partial charge < -0.3 is 9.88 Å². The minimum atomic E-state index is -0.243. The molecule has 4 aromatic rings. The van der Waals surface area contributed by atoms with Gasteiger partial charge in [-0.1, -0.05) is 30.3 Å². The minimum absolute atomic E-state index is 0.243. The second kappa shape index (κ2) is 6.42. The molecule has 0 saturated heterocycles. The zero-order valence-electron chi connectivity index (χ0n) is 14.2. The third kappa shape index (κ3) is 2.80. The second-order valence-corrected chi connectivity index (χ2v) is 6.74. The summed E-state index contributed by atoms with van der Waals surface area (Å²) >= 11 is 3.34. The van der Waals surface area contributed by atoms with Gasteiger partial charge in [-0.15, -0.1) is 0 Å². The normalized spacial score (nSPS) is 11.0. The van der Waals surface area contributed by atoms with E-state index < -0.39 is 0 Å². The second-order valence-electron chi connectivity index (χ2n) is 6.03. The van der Waals surface area contributed by atoms with Gasteiger partial charge in [-0.25, -0.2) is 4.98 Å². The lowest BCUT2D eigenvalue weighted by atomic mass is 10.1. The first-order valence-corrected chi connectivity index (χ1v) is 8.87. The van der Waals surface area contributed by atoms with Crippen molar-refractivity contribution >= 4 is 38.4 Å². The molecule has 1 amide bonds. The number of amides is 1. The van der Waals surface area contributed by atoms with Crippen LogP contribution in [-0.2, 0) is 7.05 Å². The van der Waals surface area contributed by atoms with Crippen LogP contribution in [0.1, 0.15) is 16.2 Å². The Balaban J connectivity index is 1.69. The number of carbonyl (C=O) groups is 1. The predicted molar refractivity (Wildman–Crippen MR) is 105 cm³/mol. The van der Waals surface area contributed by atoms with Crippen molar-refractivity contribution in [3.8, 4) is 11.3 Å². The largest absolute Gasteiger partial charge is 0.325 e. The van der Waals surface area contributed by atoms with Gasteiger partial charge in [0.05, 0.1) is 11.2 Å². The number of nitrogens with zero attached hydrogens (tertiary/aromatic N) is 3. The van der Waals surface area contributed by atoms with Gasteiger partial charge in [-0.05, 0) is 41.1 Å². The van der Waals surface area contributed by atoms with Gasteiger partial charge in [0, 0.05) is 29.4 Å². The van der Waals surface area contributed by atoms with Crippen LogP contribution >= 0.6 is 15.9 Å². The standard InChI is InChI=1S/C19H16BrN5O/c1-11-16(22-19(20)25(11)2)18(26)21-13-8-9-15-14(10-13)17(24-23-15)12-6-4-3-5-7-12/h3-10H,1-2H3,(H,21,26)(H,23,24). The first-order chi connectivity index (χ1) is 12.5. The third-order valence-electron chi connectivity index (χ3n) is 4.41. The molecular formula is C19H16BrN5O. The van der Waals surface area contributed by atoms with E-state index in [-0.39, 0.29) is 5.91 Å². The van der Waals surface area contributed by atoms with E-state index in [9.17, 15) is 4.79 Å². The number of carbonyl (C=O) groups excluding carboxylic acids is 1. The quantitative estimate of drug-likeness (QED) is 0.529. The molecule has 0 bridgehead atoms. The molecule has 0 atom stereocenters. The molecular weight excluding hydrogens is 394 g/mol. The molecule has 0 aliphatic rings. The Morgan fingerprint density at radius 1 is 1.19 bits per heavy atom. The van der Waals surface area contributed by atoms with Crippen LogP contribution in [0.15, 0.2) is 53.3 Å². The molecule has 26 heavy (non-hydrogen) atoms. The summed E-state index contributed by atoms with van der Waals surface area (Å²) in [5, 5.41) is 11.3. The van der Waals surface area contributed by atoms with Crippen molar-refractivity contribution in [2.24, 2.45) is 7.05 Å². The van der Waals surface area contributed by atoms with Crippen molar-refractivity contribution in [3.05, 3.63) is 64.7 Å². The van der Waals surface area contributed by atoms with Crippen molar-refractivity contribution in [1.82, 2.24) is 19.7 Å². The van der Waals surface area contributed by atoms with Crippen molar-refractivity contribution in [2.75, 3.05) is 5.32 Å². The van der Waals surface area contributed by atoms with Gasteiger partial charge in [0.2, 0.25) is 0 Å². The number of anilines is 1. The van der Waals surface area contributed by atoms with Crippen molar-refractivity contribution in [1.29, 1.82) is 0 Å². The fourth-order valence-electron chi connectivity index (χ4n) is 2.86. The Kier molecular flexibility index (Phi) is 4.08. The van der Waals surface area contributed by atoms with Crippen LogP contribution in [0, 0.1) is 6.92 Å². The molecule has 2 aromatic heterocycles. The Labute approximate surface area is 158 Å². The number of imidazole rings is 1. The number of hydrogen-bond donors (Lipinski definition) is 2. The summed E-state index contributed by atoms with van der Waals surface area (Å²) in [5.74, 6) is -0.243. The maximum absolute atomic E-state index is 12.6. The maximum atomic E-state index is 12.6. The van der Waals surface area contributed by atoms with Gasteiger partial charge in [-0.3, -0.25) is 9.89 Å². The van der Waals surface area contributed by atoms with Gasteiger partial charge in [0.1, 0.15) is 0 Å². The summed E-state index contributed by atoms with van der Waals surface area (Å²) < 4.78 is 2.44. The van der Waals surface area contributed by atoms with Crippen LogP contribution < -0.4 is 5.32 Å². The number of aromatic amines is 1. The summed E-state index contributed by atoms with van der Waals surface area (Å²) in [6.45, 7) is 1.86. The Bertz CT molecular complexity index is 1110. The van der Waals surface area contributed by atoms with Crippen LogP contribution in [-0.4, -0.2) is 25.7 Å². The first kappa shape index (κ1) is 16.5.